The fourth-order valence-corrected chi connectivity index (χ4v) is 3.04. The van der Waals surface area contributed by atoms with Crippen LogP contribution in [0.25, 0.3) is 0 Å². The number of amides is 2. The molecule has 2 amide bonds. The van der Waals surface area contributed by atoms with Crippen molar-refractivity contribution in [2.75, 3.05) is 21.3 Å². The average molecular weight is 368 g/mol. The third-order valence-electron chi connectivity index (χ3n) is 4.36. The van der Waals surface area contributed by atoms with Crippen LogP contribution in [-0.2, 0) is 4.79 Å². The summed E-state index contributed by atoms with van der Waals surface area (Å²) in [6, 6.07) is 3.09. The Hall–Kier alpha value is -3.35. The molecule has 27 heavy (non-hydrogen) atoms. The van der Waals surface area contributed by atoms with Crippen molar-refractivity contribution in [2.24, 2.45) is 10.9 Å². The van der Waals surface area contributed by atoms with Crippen LogP contribution >= 0.6 is 0 Å². The minimum Gasteiger partial charge on any atom is -0.493 e. The summed E-state index contributed by atoms with van der Waals surface area (Å²) in [6.45, 7) is 1.89. The zero-order valence-corrected chi connectivity index (χ0v) is 15.5. The number of rotatable bonds is 4. The number of carbonyl (C=O) groups is 2. The van der Waals surface area contributed by atoms with E-state index in [2.05, 4.69) is 10.3 Å². The number of nitrogens with one attached hydrogen (secondary N) is 1. The lowest BCUT2D eigenvalue weighted by Crippen LogP contribution is -2.32. The first-order valence-corrected chi connectivity index (χ1v) is 8.28. The SMILES string of the molecule is COc1cc(C(=O)N=C2C=CC3C(C)=CC(=O)NC3=C2)cc(OC)c1OC. The Morgan fingerprint density at radius 3 is 2.33 bits per heavy atom. The Bertz CT molecular complexity index is 899. The Labute approximate surface area is 157 Å². The number of carbonyl (C=O) groups excluding carboxylic acids is 2. The first kappa shape index (κ1) is 18.4. The minimum atomic E-state index is -0.460. The molecule has 0 aromatic heterocycles. The molecule has 1 heterocycles. The zero-order valence-electron chi connectivity index (χ0n) is 15.5. The van der Waals surface area contributed by atoms with E-state index in [-0.39, 0.29) is 11.8 Å². The van der Waals surface area contributed by atoms with E-state index in [1.54, 1.807) is 30.4 Å². The van der Waals surface area contributed by atoms with E-state index in [9.17, 15) is 9.59 Å². The normalized spacial score (nSPS) is 19.6. The zero-order chi connectivity index (χ0) is 19.6. The molecule has 140 valence electrons. The van der Waals surface area contributed by atoms with Crippen LogP contribution in [0.5, 0.6) is 17.2 Å². The number of hydrogen-bond donors (Lipinski definition) is 1. The van der Waals surface area contributed by atoms with E-state index >= 15 is 0 Å². The van der Waals surface area contributed by atoms with Gasteiger partial charge in [-0.15, -0.1) is 0 Å². The average Bonchev–Trinajstić information content (AvgIpc) is 2.66. The molecule has 0 spiro atoms. The maximum Gasteiger partial charge on any atom is 0.277 e. The van der Waals surface area contributed by atoms with Crippen LogP contribution in [0, 0.1) is 5.92 Å². The van der Waals surface area contributed by atoms with Gasteiger partial charge in [0.25, 0.3) is 5.91 Å². The highest BCUT2D eigenvalue weighted by atomic mass is 16.5. The number of aliphatic imine (C=N–C) groups is 1. The molecule has 1 atom stereocenters. The summed E-state index contributed by atoms with van der Waals surface area (Å²) in [4.78, 5) is 28.5. The molecule has 1 aliphatic carbocycles. The Balaban J connectivity index is 1.93. The number of methoxy groups -OCH3 is 3. The smallest absolute Gasteiger partial charge is 0.277 e. The fourth-order valence-electron chi connectivity index (χ4n) is 3.04. The van der Waals surface area contributed by atoms with Gasteiger partial charge in [-0.2, -0.15) is 0 Å². The summed E-state index contributed by atoms with van der Waals surface area (Å²) in [6.07, 6.45) is 6.94. The second-order valence-corrected chi connectivity index (χ2v) is 6.07. The molecule has 1 unspecified atom stereocenters. The highest BCUT2D eigenvalue weighted by molar-refractivity contribution is 6.14. The molecule has 0 fully saturated rings. The van der Waals surface area contributed by atoms with Gasteiger partial charge in [0.15, 0.2) is 11.5 Å². The van der Waals surface area contributed by atoms with Gasteiger partial charge in [-0.1, -0.05) is 11.6 Å². The summed E-state index contributed by atoms with van der Waals surface area (Å²) >= 11 is 0. The fraction of sp³-hybridized carbons (Fsp3) is 0.250. The second kappa shape index (κ2) is 7.49. The molecule has 1 aromatic rings. The van der Waals surface area contributed by atoms with Gasteiger partial charge in [0, 0.05) is 23.3 Å². The summed E-state index contributed by atoms with van der Waals surface area (Å²) in [7, 11) is 4.45. The lowest BCUT2D eigenvalue weighted by molar-refractivity contribution is -0.116. The quantitative estimate of drug-likeness (QED) is 0.882. The number of allylic oxidation sites excluding steroid dienone is 3. The van der Waals surface area contributed by atoms with E-state index in [0.29, 0.717) is 34.2 Å². The first-order chi connectivity index (χ1) is 13.0. The summed E-state index contributed by atoms with van der Waals surface area (Å²) < 4.78 is 15.8. The molecule has 0 saturated carbocycles. The number of ether oxygens (including phenoxy) is 3. The molecule has 1 aliphatic heterocycles. The Kier molecular flexibility index (Phi) is 5.12. The molecule has 1 aromatic carbocycles. The van der Waals surface area contributed by atoms with Crippen LogP contribution in [0.1, 0.15) is 17.3 Å². The van der Waals surface area contributed by atoms with Crippen LogP contribution in [0.3, 0.4) is 0 Å². The molecule has 7 nitrogen and oxygen atoms in total. The standard InChI is InChI=1S/C20H20N2O5/c1-11-7-18(23)22-15-10-13(5-6-14(11)15)21-20(24)12-8-16(25-2)19(27-4)17(9-12)26-3/h5-10,14H,1-4H3,(H,22,23). The van der Waals surface area contributed by atoms with Gasteiger partial charge in [-0.3, -0.25) is 9.59 Å². The lowest BCUT2D eigenvalue weighted by atomic mass is 9.89. The molecular formula is C20H20N2O5. The highest BCUT2D eigenvalue weighted by Crippen LogP contribution is 2.38. The van der Waals surface area contributed by atoms with Crippen molar-refractivity contribution in [1.29, 1.82) is 0 Å². The maximum atomic E-state index is 12.6. The topological polar surface area (TPSA) is 86.2 Å². The van der Waals surface area contributed by atoms with Gasteiger partial charge >= 0.3 is 0 Å². The first-order valence-electron chi connectivity index (χ1n) is 8.28. The van der Waals surface area contributed by atoms with E-state index < -0.39 is 5.91 Å². The second-order valence-electron chi connectivity index (χ2n) is 6.07. The Morgan fingerprint density at radius 1 is 1.07 bits per heavy atom. The molecule has 2 aliphatic rings. The van der Waals surface area contributed by atoms with Crippen molar-refractivity contribution < 1.29 is 23.8 Å². The van der Waals surface area contributed by atoms with E-state index in [1.165, 1.54) is 21.3 Å². The third-order valence-corrected chi connectivity index (χ3v) is 4.36. The van der Waals surface area contributed by atoms with Crippen LogP contribution in [0.2, 0.25) is 0 Å². The monoisotopic (exact) mass is 368 g/mol. The van der Waals surface area contributed by atoms with Gasteiger partial charge in [-0.25, -0.2) is 4.99 Å². The molecule has 7 heteroatoms. The molecule has 0 bridgehead atoms. The van der Waals surface area contributed by atoms with E-state index in [1.807, 2.05) is 13.0 Å². The number of fused-ring (bicyclic) bond motifs is 1. The molecule has 0 radical (unpaired) electrons. The molecule has 3 rings (SSSR count). The molecular weight excluding hydrogens is 348 g/mol. The molecule has 1 N–H and O–H groups in total. The minimum absolute atomic E-state index is 0.00192. The van der Waals surface area contributed by atoms with E-state index in [0.717, 1.165) is 5.57 Å². The van der Waals surface area contributed by atoms with Gasteiger partial charge in [0.05, 0.1) is 27.0 Å². The molecule has 0 saturated heterocycles. The third kappa shape index (κ3) is 3.62. The van der Waals surface area contributed by atoms with Crippen molar-refractivity contribution >= 4 is 17.5 Å². The Morgan fingerprint density at radius 2 is 1.74 bits per heavy atom. The van der Waals surface area contributed by atoms with Gasteiger partial charge < -0.3 is 19.5 Å². The van der Waals surface area contributed by atoms with Crippen LogP contribution in [0.15, 0.2) is 52.7 Å². The van der Waals surface area contributed by atoms with Crippen LogP contribution < -0.4 is 19.5 Å². The number of benzene rings is 1. The van der Waals surface area contributed by atoms with Crippen molar-refractivity contribution in [3.05, 3.63) is 53.3 Å². The van der Waals surface area contributed by atoms with Crippen molar-refractivity contribution in [2.45, 2.75) is 6.92 Å². The van der Waals surface area contributed by atoms with Crippen LogP contribution in [0.4, 0.5) is 0 Å². The predicted molar refractivity (Wildman–Crippen MR) is 100 cm³/mol. The number of hydrogen-bond acceptors (Lipinski definition) is 5. The summed E-state index contributed by atoms with van der Waals surface area (Å²) in [5.41, 5.74) is 2.40. The van der Waals surface area contributed by atoms with Crippen molar-refractivity contribution in [3.63, 3.8) is 0 Å². The maximum absolute atomic E-state index is 12.6. The van der Waals surface area contributed by atoms with Crippen molar-refractivity contribution in [1.82, 2.24) is 5.32 Å². The van der Waals surface area contributed by atoms with Crippen LogP contribution in [-0.4, -0.2) is 38.9 Å². The summed E-state index contributed by atoms with van der Waals surface area (Å²) in [5.74, 6) is 0.507. The number of nitrogens with zero attached hydrogens (tertiary/aromatic N) is 1. The lowest BCUT2D eigenvalue weighted by Gasteiger charge is -2.25. The van der Waals surface area contributed by atoms with E-state index in [4.69, 9.17) is 14.2 Å². The van der Waals surface area contributed by atoms with Gasteiger partial charge in [-0.05, 0) is 31.2 Å². The summed E-state index contributed by atoms with van der Waals surface area (Å²) in [5, 5.41) is 2.79. The van der Waals surface area contributed by atoms with Gasteiger partial charge in [0.2, 0.25) is 11.7 Å². The van der Waals surface area contributed by atoms with Gasteiger partial charge in [0.1, 0.15) is 0 Å². The van der Waals surface area contributed by atoms with Crippen molar-refractivity contribution in [3.8, 4) is 17.2 Å². The largest absolute Gasteiger partial charge is 0.493 e. The highest BCUT2D eigenvalue weighted by Gasteiger charge is 2.24. The predicted octanol–water partition coefficient (Wildman–Crippen LogP) is 2.44.